The van der Waals surface area contributed by atoms with E-state index in [1.807, 2.05) is 30.3 Å². The smallest absolute Gasteiger partial charge is 0.259 e. The van der Waals surface area contributed by atoms with Gasteiger partial charge in [-0.1, -0.05) is 36.4 Å². The van der Waals surface area contributed by atoms with Crippen molar-refractivity contribution in [3.05, 3.63) is 72.3 Å². The van der Waals surface area contributed by atoms with Gasteiger partial charge in [0.15, 0.2) is 0 Å². The van der Waals surface area contributed by atoms with Crippen molar-refractivity contribution in [2.45, 2.75) is 6.42 Å². The maximum atomic E-state index is 13.5. The molecule has 0 spiro atoms. The zero-order chi connectivity index (χ0) is 22.0. The third kappa shape index (κ3) is 2.75. The second-order valence-electron chi connectivity index (χ2n) is 9.20. The van der Waals surface area contributed by atoms with Gasteiger partial charge in [-0.3, -0.25) is 24.2 Å². The summed E-state index contributed by atoms with van der Waals surface area (Å²) in [5.41, 5.74) is 1.08. The van der Waals surface area contributed by atoms with Gasteiger partial charge in [0.05, 0.1) is 18.9 Å². The number of carbonyl (C=O) groups is 3. The highest BCUT2D eigenvalue weighted by molar-refractivity contribution is 6.10. The summed E-state index contributed by atoms with van der Waals surface area (Å²) in [7, 11) is 1.55. The first-order chi connectivity index (χ1) is 15.6. The van der Waals surface area contributed by atoms with Crippen molar-refractivity contribution in [1.82, 2.24) is 4.90 Å². The number of methoxy groups -OCH3 is 1. The molecule has 162 valence electrons. The molecule has 6 atom stereocenters. The molecule has 2 bridgehead atoms. The molecule has 1 saturated heterocycles. The number of para-hydroxylation sites is 1. The SMILES string of the molecule is COc1cccc(C(=O)N(CN2C(=O)[C@@H]3[C@H]4C=C[C@@H]([C@@H]5C[C@@H]45)[C@@H]3C2=O)c2ccccc2)c1. The summed E-state index contributed by atoms with van der Waals surface area (Å²) in [6, 6.07) is 16.1. The standard InChI is InChI=1S/C26H24N2O4/c1-32-17-9-5-6-15(12-17)24(29)27(16-7-3-2-4-8-16)14-28-25(30)22-18-10-11-19(21-13-20(18)21)23(22)26(28)31/h2-12,18-23H,13-14H2,1H3/t18-,19-,20-,21-,22-,23+/m0/s1. The summed E-state index contributed by atoms with van der Waals surface area (Å²) in [5, 5.41) is 0. The van der Waals surface area contributed by atoms with Crippen LogP contribution in [0.15, 0.2) is 66.7 Å². The molecule has 0 radical (unpaired) electrons. The van der Waals surface area contributed by atoms with Crippen LogP contribution in [0.3, 0.4) is 0 Å². The Labute approximate surface area is 186 Å². The number of hydrogen-bond donors (Lipinski definition) is 0. The summed E-state index contributed by atoms with van der Waals surface area (Å²) in [5.74, 6) is 0.897. The summed E-state index contributed by atoms with van der Waals surface area (Å²) < 4.78 is 5.27. The van der Waals surface area contributed by atoms with Gasteiger partial charge in [-0.05, 0) is 60.4 Å². The molecule has 0 unspecified atom stereocenters. The van der Waals surface area contributed by atoms with Gasteiger partial charge < -0.3 is 4.74 Å². The van der Waals surface area contributed by atoms with Gasteiger partial charge in [-0.2, -0.15) is 0 Å². The molecule has 6 nitrogen and oxygen atoms in total. The number of carbonyl (C=O) groups excluding carboxylic acids is 3. The molecule has 0 N–H and O–H groups in total. The number of likely N-dealkylation sites (tertiary alicyclic amines) is 1. The number of amides is 3. The largest absolute Gasteiger partial charge is 0.497 e. The van der Waals surface area contributed by atoms with Gasteiger partial charge in [0.1, 0.15) is 12.4 Å². The molecule has 32 heavy (non-hydrogen) atoms. The molecule has 2 aromatic rings. The van der Waals surface area contributed by atoms with Gasteiger partial charge in [-0.25, -0.2) is 0 Å². The van der Waals surface area contributed by atoms with Crippen LogP contribution in [-0.4, -0.2) is 36.4 Å². The first-order valence-corrected chi connectivity index (χ1v) is 11.1. The van der Waals surface area contributed by atoms with Crippen LogP contribution in [0.4, 0.5) is 5.69 Å². The van der Waals surface area contributed by atoms with E-state index in [0.717, 1.165) is 6.42 Å². The van der Waals surface area contributed by atoms with Crippen LogP contribution >= 0.6 is 0 Å². The highest BCUT2D eigenvalue weighted by atomic mass is 16.5. The Morgan fingerprint density at radius 3 is 2.25 bits per heavy atom. The molecular weight excluding hydrogens is 404 g/mol. The predicted molar refractivity (Wildman–Crippen MR) is 118 cm³/mol. The van der Waals surface area contributed by atoms with Crippen molar-refractivity contribution in [3.8, 4) is 5.75 Å². The molecular formula is C26H24N2O4. The van der Waals surface area contributed by atoms with Gasteiger partial charge >= 0.3 is 0 Å². The molecule has 2 aromatic carbocycles. The Hall–Kier alpha value is -3.41. The van der Waals surface area contributed by atoms with Crippen LogP contribution in [0.5, 0.6) is 5.75 Å². The first-order valence-electron chi connectivity index (χ1n) is 11.1. The van der Waals surface area contributed by atoms with E-state index in [4.69, 9.17) is 4.74 Å². The molecule has 7 rings (SSSR count). The van der Waals surface area contributed by atoms with E-state index in [2.05, 4.69) is 12.2 Å². The van der Waals surface area contributed by atoms with E-state index in [9.17, 15) is 14.4 Å². The highest BCUT2D eigenvalue weighted by Gasteiger charge is 2.67. The Bertz CT molecular complexity index is 1110. The molecule has 6 heteroatoms. The van der Waals surface area contributed by atoms with E-state index < -0.39 is 0 Å². The quantitative estimate of drug-likeness (QED) is 0.541. The number of benzene rings is 2. The minimum Gasteiger partial charge on any atom is -0.497 e. The van der Waals surface area contributed by atoms with Crippen LogP contribution in [0, 0.1) is 35.5 Å². The van der Waals surface area contributed by atoms with E-state index in [0.29, 0.717) is 28.8 Å². The van der Waals surface area contributed by atoms with E-state index in [-0.39, 0.29) is 48.1 Å². The average Bonchev–Trinajstić information content (AvgIpc) is 3.62. The maximum Gasteiger partial charge on any atom is 0.259 e. The Balaban J connectivity index is 1.33. The van der Waals surface area contributed by atoms with Crippen molar-refractivity contribution < 1.29 is 19.1 Å². The molecule has 1 heterocycles. The zero-order valence-electron chi connectivity index (χ0n) is 17.8. The van der Waals surface area contributed by atoms with Crippen LogP contribution < -0.4 is 9.64 Å². The topological polar surface area (TPSA) is 66.9 Å². The predicted octanol–water partition coefficient (Wildman–Crippen LogP) is 3.35. The third-order valence-electron chi connectivity index (χ3n) is 7.67. The molecule has 2 saturated carbocycles. The van der Waals surface area contributed by atoms with Crippen molar-refractivity contribution in [2.75, 3.05) is 18.7 Å². The number of nitrogens with zero attached hydrogens (tertiary/aromatic N) is 2. The maximum absolute atomic E-state index is 13.5. The minimum atomic E-state index is -0.283. The Morgan fingerprint density at radius 2 is 1.62 bits per heavy atom. The Kier molecular flexibility index (Phi) is 4.25. The molecule has 3 amide bonds. The molecule has 4 aliphatic carbocycles. The average molecular weight is 428 g/mol. The second kappa shape index (κ2) is 7.05. The van der Waals surface area contributed by atoms with E-state index in [1.54, 1.807) is 31.4 Å². The lowest BCUT2D eigenvalue weighted by Gasteiger charge is -2.37. The lowest BCUT2D eigenvalue weighted by Crippen LogP contribution is -2.45. The number of imide groups is 1. The molecule has 3 fully saturated rings. The van der Waals surface area contributed by atoms with Crippen LogP contribution in [0.1, 0.15) is 16.8 Å². The molecule has 5 aliphatic rings. The number of allylic oxidation sites excluding steroid dienone is 2. The zero-order valence-corrected chi connectivity index (χ0v) is 17.8. The highest BCUT2D eigenvalue weighted by Crippen LogP contribution is 2.65. The van der Waals surface area contributed by atoms with Crippen molar-refractivity contribution in [3.63, 3.8) is 0 Å². The van der Waals surface area contributed by atoms with E-state index >= 15 is 0 Å². The summed E-state index contributed by atoms with van der Waals surface area (Å²) in [4.78, 5) is 43.3. The number of rotatable bonds is 5. The fourth-order valence-corrected chi connectivity index (χ4v) is 6.08. The van der Waals surface area contributed by atoms with Gasteiger partial charge in [0, 0.05) is 11.3 Å². The van der Waals surface area contributed by atoms with E-state index in [1.165, 1.54) is 9.80 Å². The fraction of sp³-hybridized carbons (Fsp3) is 0.346. The van der Waals surface area contributed by atoms with Crippen LogP contribution in [0.2, 0.25) is 0 Å². The van der Waals surface area contributed by atoms with Crippen molar-refractivity contribution >= 4 is 23.4 Å². The minimum absolute atomic E-state index is 0.0838. The van der Waals surface area contributed by atoms with Gasteiger partial charge in [0.2, 0.25) is 11.8 Å². The number of ether oxygens (including phenoxy) is 1. The Morgan fingerprint density at radius 1 is 0.969 bits per heavy atom. The lowest BCUT2D eigenvalue weighted by molar-refractivity contribution is -0.140. The third-order valence-corrected chi connectivity index (χ3v) is 7.67. The van der Waals surface area contributed by atoms with Crippen molar-refractivity contribution in [2.24, 2.45) is 35.5 Å². The first kappa shape index (κ1) is 19.3. The summed E-state index contributed by atoms with van der Waals surface area (Å²) >= 11 is 0. The van der Waals surface area contributed by atoms with Crippen LogP contribution in [0.25, 0.3) is 0 Å². The fourth-order valence-electron chi connectivity index (χ4n) is 6.08. The van der Waals surface area contributed by atoms with Gasteiger partial charge in [-0.15, -0.1) is 0 Å². The van der Waals surface area contributed by atoms with Crippen molar-refractivity contribution in [1.29, 1.82) is 0 Å². The molecule has 0 aromatic heterocycles. The number of anilines is 1. The number of hydrogen-bond acceptors (Lipinski definition) is 4. The van der Waals surface area contributed by atoms with Crippen LogP contribution in [-0.2, 0) is 9.59 Å². The summed E-state index contributed by atoms with van der Waals surface area (Å²) in [6.07, 6.45) is 5.44. The summed E-state index contributed by atoms with van der Waals surface area (Å²) in [6.45, 7) is -0.0838. The monoisotopic (exact) mass is 428 g/mol. The lowest BCUT2D eigenvalue weighted by atomic mass is 9.63. The normalized spacial score (nSPS) is 31.3. The van der Waals surface area contributed by atoms with Gasteiger partial charge in [0.25, 0.3) is 5.91 Å². The molecule has 1 aliphatic heterocycles. The second-order valence-corrected chi connectivity index (χ2v) is 9.20.